The van der Waals surface area contributed by atoms with Gasteiger partial charge in [0.1, 0.15) is 17.1 Å². The topological polar surface area (TPSA) is 87.1 Å². The number of nitrogens with two attached hydrogens (primary N) is 1. The van der Waals surface area contributed by atoms with Crippen LogP contribution in [0.5, 0.6) is 0 Å². The Kier molecular flexibility index (Phi) is 4.78. The molecule has 4 rings (SSSR count). The van der Waals surface area contributed by atoms with E-state index in [1.807, 2.05) is 40.9 Å². The van der Waals surface area contributed by atoms with Gasteiger partial charge in [0.15, 0.2) is 0 Å². The maximum absolute atomic E-state index is 12.7. The molecule has 1 amide bonds. The lowest BCUT2D eigenvalue weighted by atomic mass is 10.0. The predicted octanol–water partition coefficient (Wildman–Crippen LogP) is 1.51. The van der Waals surface area contributed by atoms with Crippen molar-refractivity contribution in [1.29, 1.82) is 0 Å². The maximum Gasteiger partial charge on any atom is 0.253 e. The Morgan fingerprint density at radius 1 is 1.29 bits per heavy atom. The zero-order chi connectivity index (χ0) is 19.7. The average molecular weight is 379 g/mol. The summed E-state index contributed by atoms with van der Waals surface area (Å²) in [6.45, 7) is 1.92. The van der Waals surface area contributed by atoms with Crippen molar-refractivity contribution in [2.75, 3.05) is 31.6 Å². The molecule has 1 atom stereocenters. The van der Waals surface area contributed by atoms with Crippen molar-refractivity contribution in [3.8, 4) is 0 Å². The number of β-amino-alcohol motifs (C(OH)–C–C–N with tert-alkyl or cyclic N) is 1. The van der Waals surface area contributed by atoms with Crippen molar-refractivity contribution in [3.63, 3.8) is 0 Å². The summed E-state index contributed by atoms with van der Waals surface area (Å²) in [7, 11) is 1.73. The van der Waals surface area contributed by atoms with E-state index in [0.717, 1.165) is 23.6 Å². The number of likely N-dealkylation sites (N-methyl/N-ethyl adjacent to an activating group) is 1. The summed E-state index contributed by atoms with van der Waals surface area (Å²) in [6, 6.07) is 13.2. The van der Waals surface area contributed by atoms with Gasteiger partial charge in [0, 0.05) is 44.6 Å². The first-order valence-electron chi connectivity index (χ1n) is 9.43. The largest absolute Gasteiger partial charge is 0.386 e. The monoisotopic (exact) mass is 379 g/mol. The van der Waals surface area contributed by atoms with Gasteiger partial charge in [-0.15, -0.1) is 0 Å². The lowest BCUT2D eigenvalue weighted by molar-refractivity contribution is 0.0264. The Morgan fingerprint density at radius 2 is 2.07 bits per heavy atom. The summed E-state index contributed by atoms with van der Waals surface area (Å²) >= 11 is 0. The second-order valence-corrected chi connectivity index (χ2v) is 7.50. The number of rotatable bonds is 5. The van der Waals surface area contributed by atoms with Crippen LogP contribution in [-0.4, -0.2) is 57.6 Å². The minimum atomic E-state index is -0.954. The van der Waals surface area contributed by atoms with Crippen molar-refractivity contribution in [2.45, 2.75) is 18.6 Å². The van der Waals surface area contributed by atoms with Crippen LogP contribution in [0.3, 0.4) is 0 Å². The fourth-order valence-electron chi connectivity index (χ4n) is 3.89. The number of hydrogen-bond acceptors (Lipinski definition) is 5. The first-order chi connectivity index (χ1) is 13.5. The third-order valence-corrected chi connectivity index (χ3v) is 5.38. The summed E-state index contributed by atoms with van der Waals surface area (Å²) in [5, 5.41) is 11.1. The van der Waals surface area contributed by atoms with E-state index in [1.54, 1.807) is 30.3 Å². The van der Waals surface area contributed by atoms with Crippen LogP contribution in [0.1, 0.15) is 22.3 Å². The van der Waals surface area contributed by atoms with Crippen LogP contribution in [0.4, 0.5) is 5.82 Å². The van der Waals surface area contributed by atoms with E-state index in [2.05, 4.69) is 9.88 Å². The van der Waals surface area contributed by atoms with Gasteiger partial charge in [-0.1, -0.05) is 18.2 Å². The van der Waals surface area contributed by atoms with Crippen molar-refractivity contribution in [3.05, 3.63) is 66.0 Å². The number of pyridine rings is 1. The lowest BCUT2D eigenvalue weighted by Crippen LogP contribution is -2.46. The lowest BCUT2D eigenvalue weighted by Gasteiger charge is -2.29. The van der Waals surface area contributed by atoms with Gasteiger partial charge in [-0.25, -0.2) is 4.98 Å². The van der Waals surface area contributed by atoms with Crippen LogP contribution in [0.2, 0.25) is 0 Å². The van der Waals surface area contributed by atoms with Crippen LogP contribution in [0, 0.1) is 0 Å². The molecule has 3 heterocycles. The molecule has 3 N–H and O–H groups in total. The normalized spacial score (nSPS) is 19.3. The minimum Gasteiger partial charge on any atom is -0.386 e. The SMILES string of the molecule is CN(C[C@]1(O)CCN(c2cccc3nccn23)C1)C(=O)c1ccc(CN)cc1. The molecule has 0 radical (unpaired) electrons. The highest BCUT2D eigenvalue weighted by molar-refractivity contribution is 5.94. The average Bonchev–Trinajstić information content (AvgIpc) is 3.34. The molecule has 1 fully saturated rings. The van der Waals surface area contributed by atoms with Crippen LogP contribution in [-0.2, 0) is 6.54 Å². The number of imidazole rings is 1. The number of benzene rings is 1. The molecule has 0 bridgehead atoms. The highest BCUT2D eigenvalue weighted by atomic mass is 16.3. The number of carbonyl (C=O) groups excluding carboxylic acids is 1. The molecule has 2 aromatic heterocycles. The first-order valence-corrected chi connectivity index (χ1v) is 9.43. The Labute approximate surface area is 164 Å². The zero-order valence-electron chi connectivity index (χ0n) is 16.0. The van der Waals surface area contributed by atoms with Crippen molar-refractivity contribution in [1.82, 2.24) is 14.3 Å². The molecule has 7 nitrogen and oxygen atoms in total. The van der Waals surface area contributed by atoms with Crippen LogP contribution in [0.15, 0.2) is 54.9 Å². The standard InChI is InChI=1S/C21H25N5O2/c1-24(20(27)17-7-5-16(13-22)6-8-17)14-21(28)9-11-25(15-21)19-4-2-3-18-23-10-12-26(18)19/h2-8,10,12,28H,9,11,13-15,22H2,1H3/t21-/m1/s1. The molecule has 3 aromatic rings. The van der Waals surface area contributed by atoms with Gasteiger partial charge >= 0.3 is 0 Å². The van der Waals surface area contributed by atoms with E-state index < -0.39 is 5.60 Å². The number of fused-ring (bicyclic) bond motifs is 1. The molecule has 1 aromatic carbocycles. The number of amides is 1. The number of aliphatic hydroxyl groups is 1. The van der Waals surface area contributed by atoms with Crippen LogP contribution >= 0.6 is 0 Å². The van der Waals surface area contributed by atoms with Gasteiger partial charge in [-0.2, -0.15) is 0 Å². The van der Waals surface area contributed by atoms with Gasteiger partial charge in [0.25, 0.3) is 5.91 Å². The third kappa shape index (κ3) is 3.46. The predicted molar refractivity (Wildman–Crippen MR) is 108 cm³/mol. The number of hydrogen-bond donors (Lipinski definition) is 2. The Balaban J connectivity index is 1.45. The summed E-state index contributed by atoms with van der Waals surface area (Å²) < 4.78 is 2.01. The van der Waals surface area contributed by atoms with E-state index in [4.69, 9.17) is 5.73 Å². The van der Waals surface area contributed by atoms with Crippen LogP contribution < -0.4 is 10.6 Å². The van der Waals surface area contributed by atoms with E-state index in [1.165, 1.54) is 0 Å². The third-order valence-electron chi connectivity index (χ3n) is 5.38. The summed E-state index contributed by atoms with van der Waals surface area (Å²) in [5.41, 5.74) is 7.12. The molecular weight excluding hydrogens is 354 g/mol. The molecular formula is C21H25N5O2. The molecule has 7 heteroatoms. The number of carbonyl (C=O) groups is 1. The minimum absolute atomic E-state index is 0.104. The first kappa shape index (κ1) is 18.5. The second kappa shape index (κ2) is 7.26. The van der Waals surface area contributed by atoms with Gasteiger partial charge < -0.3 is 20.6 Å². The molecule has 0 unspecified atom stereocenters. The van der Waals surface area contributed by atoms with E-state index in [0.29, 0.717) is 25.1 Å². The summed E-state index contributed by atoms with van der Waals surface area (Å²) in [4.78, 5) is 20.8. The molecule has 0 aliphatic carbocycles. The van der Waals surface area contributed by atoms with Crippen molar-refractivity contribution in [2.24, 2.45) is 5.73 Å². The van der Waals surface area contributed by atoms with Crippen molar-refractivity contribution < 1.29 is 9.90 Å². The molecule has 0 saturated carbocycles. The summed E-state index contributed by atoms with van der Waals surface area (Å²) in [6.07, 6.45) is 4.29. The zero-order valence-corrected chi connectivity index (χ0v) is 16.0. The van der Waals surface area contributed by atoms with Crippen LogP contribution in [0.25, 0.3) is 5.65 Å². The quantitative estimate of drug-likeness (QED) is 0.702. The van der Waals surface area contributed by atoms with E-state index >= 15 is 0 Å². The molecule has 1 aliphatic heterocycles. The highest BCUT2D eigenvalue weighted by Gasteiger charge is 2.38. The van der Waals surface area contributed by atoms with Gasteiger partial charge in [0.2, 0.25) is 0 Å². The molecule has 28 heavy (non-hydrogen) atoms. The van der Waals surface area contributed by atoms with Gasteiger partial charge in [-0.3, -0.25) is 9.20 Å². The van der Waals surface area contributed by atoms with Gasteiger partial charge in [0.05, 0.1) is 6.54 Å². The van der Waals surface area contributed by atoms with E-state index in [9.17, 15) is 9.90 Å². The van der Waals surface area contributed by atoms with Crippen molar-refractivity contribution >= 4 is 17.4 Å². The number of anilines is 1. The Hall–Kier alpha value is -2.90. The molecule has 1 aliphatic rings. The molecule has 146 valence electrons. The van der Waals surface area contributed by atoms with Gasteiger partial charge in [-0.05, 0) is 36.2 Å². The number of aromatic nitrogens is 2. The molecule has 1 saturated heterocycles. The fourth-order valence-corrected chi connectivity index (χ4v) is 3.89. The smallest absolute Gasteiger partial charge is 0.253 e. The number of nitrogens with zero attached hydrogens (tertiary/aromatic N) is 4. The van der Waals surface area contributed by atoms with E-state index in [-0.39, 0.29) is 12.5 Å². The molecule has 0 spiro atoms. The maximum atomic E-state index is 12.7. The summed E-state index contributed by atoms with van der Waals surface area (Å²) in [5.74, 6) is 0.893. The fraction of sp³-hybridized carbons (Fsp3) is 0.333. The highest BCUT2D eigenvalue weighted by Crippen LogP contribution is 2.28. The Bertz CT molecular complexity index is 984. The Morgan fingerprint density at radius 3 is 2.82 bits per heavy atom. The second-order valence-electron chi connectivity index (χ2n) is 7.50.